The summed E-state index contributed by atoms with van der Waals surface area (Å²) >= 11 is 0. The van der Waals surface area contributed by atoms with Gasteiger partial charge in [-0.05, 0) is 48.5 Å². The van der Waals surface area contributed by atoms with Crippen LogP contribution in [-0.4, -0.2) is 11.6 Å². The third-order valence-corrected chi connectivity index (χ3v) is 3.90. The molecule has 0 amide bonds. The second-order valence-electron chi connectivity index (χ2n) is 5.81. The molecular formula is C18H23N6+. The standard InChI is InChI=1S/C18H22N6/c1-22-12-13-23(2)18(22)21-24(3)17-10-8-16(9-11-17)20-15-6-4-14(19)5-7-15/h4-13,20H,19H2,1-3H3/p+1. The summed E-state index contributed by atoms with van der Waals surface area (Å²) in [7, 11) is 6.01. The van der Waals surface area contributed by atoms with Crippen molar-refractivity contribution in [2.24, 2.45) is 14.1 Å². The van der Waals surface area contributed by atoms with E-state index in [1.54, 1.807) is 0 Å². The Morgan fingerprint density at radius 2 is 1.58 bits per heavy atom. The molecule has 6 heteroatoms. The van der Waals surface area contributed by atoms with Gasteiger partial charge in [0.15, 0.2) is 0 Å². The van der Waals surface area contributed by atoms with Crippen molar-refractivity contribution in [3.05, 3.63) is 60.9 Å². The lowest BCUT2D eigenvalue weighted by Gasteiger charge is -2.17. The Bertz CT molecular complexity index is 785. The third kappa shape index (κ3) is 3.43. The van der Waals surface area contributed by atoms with Crippen LogP contribution in [0.25, 0.3) is 0 Å². The molecule has 0 aliphatic heterocycles. The van der Waals surface area contributed by atoms with Crippen molar-refractivity contribution in [1.82, 2.24) is 4.57 Å². The van der Waals surface area contributed by atoms with Crippen LogP contribution in [0.15, 0.2) is 60.9 Å². The van der Waals surface area contributed by atoms with Crippen LogP contribution in [0.4, 0.5) is 28.7 Å². The van der Waals surface area contributed by atoms with Gasteiger partial charge in [-0.25, -0.2) is 14.1 Å². The number of aryl methyl sites for hydroxylation is 2. The van der Waals surface area contributed by atoms with E-state index in [-0.39, 0.29) is 0 Å². The summed E-state index contributed by atoms with van der Waals surface area (Å²) in [4.78, 5) is 0. The number of nitrogen functional groups attached to an aromatic ring is 1. The van der Waals surface area contributed by atoms with E-state index in [0.717, 1.165) is 28.7 Å². The Kier molecular flexibility index (Phi) is 4.29. The molecule has 1 aromatic heterocycles. The second-order valence-corrected chi connectivity index (χ2v) is 5.81. The van der Waals surface area contributed by atoms with Gasteiger partial charge in [0, 0.05) is 24.1 Å². The molecule has 124 valence electrons. The Morgan fingerprint density at radius 1 is 1.00 bits per heavy atom. The molecule has 1 heterocycles. The van der Waals surface area contributed by atoms with E-state index >= 15 is 0 Å². The highest BCUT2D eigenvalue weighted by molar-refractivity contribution is 5.64. The number of hydrazine groups is 1. The van der Waals surface area contributed by atoms with E-state index in [1.165, 1.54) is 0 Å². The van der Waals surface area contributed by atoms with E-state index in [1.807, 2.05) is 71.9 Å². The lowest BCUT2D eigenvalue weighted by molar-refractivity contribution is -0.656. The monoisotopic (exact) mass is 323 g/mol. The van der Waals surface area contributed by atoms with Gasteiger partial charge < -0.3 is 11.1 Å². The van der Waals surface area contributed by atoms with E-state index in [2.05, 4.69) is 35.0 Å². The molecule has 0 radical (unpaired) electrons. The Hall–Kier alpha value is -3.15. The molecule has 4 N–H and O–H groups in total. The number of nitrogens with two attached hydrogens (primary N) is 1. The van der Waals surface area contributed by atoms with Crippen LogP contribution in [0.1, 0.15) is 0 Å². The Labute approximate surface area is 142 Å². The van der Waals surface area contributed by atoms with E-state index in [4.69, 9.17) is 5.73 Å². The van der Waals surface area contributed by atoms with Gasteiger partial charge in [-0.3, -0.25) is 0 Å². The predicted molar refractivity (Wildman–Crippen MR) is 99.2 cm³/mol. The van der Waals surface area contributed by atoms with Crippen LogP contribution in [-0.2, 0) is 14.1 Å². The molecule has 3 aromatic rings. The average Bonchev–Trinajstić information content (AvgIpc) is 2.89. The van der Waals surface area contributed by atoms with Crippen LogP contribution < -0.4 is 26.1 Å². The average molecular weight is 323 g/mol. The van der Waals surface area contributed by atoms with Crippen molar-refractivity contribution in [2.45, 2.75) is 0 Å². The van der Waals surface area contributed by atoms with E-state index in [9.17, 15) is 0 Å². The third-order valence-electron chi connectivity index (χ3n) is 3.90. The summed E-state index contributed by atoms with van der Waals surface area (Å²) in [5.74, 6) is 1.00. The van der Waals surface area contributed by atoms with Crippen LogP contribution >= 0.6 is 0 Å². The lowest BCUT2D eigenvalue weighted by Crippen LogP contribution is -2.37. The van der Waals surface area contributed by atoms with E-state index in [0.29, 0.717) is 0 Å². The topological polar surface area (TPSA) is 62.1 Å². The lowest BCUT2D eigenvalue weighted by atomic mass is 10.2. The first-order valence-corrected chi connectivity index (χ1v) is 7.77. The van der Waals surface area contributed by atoms with Gasteiger partial charge in [-0.2, -0.15) is 5.43 Å². The molecule has 0 bridgehead atoms. The summed E-state index contributed by atoms with van der Waals surface area (Å²) in [5, 5.41) is 5.35. The molecule has 0 saturated carbocycles. The molecule has 0 atom stereocenters. The zero-order valence-electron chi connectivity index (χ0n) is 14.2. The van der Waals surface area contributed by atoms with Gasteiger partial charge in [0.05, 0.1) is 32.2 Å². The first-order chi connectivity index (χ1) is 11.5. The van der Waals surface area contributed by atoms with Crippen molar-refractivity contribution < 1.29 is 4.57 Å². The molecule has 0 aliphatic carbocycles. The predicted octanol–water partition coefficient (Wildman–Crippen LogP) is 2.64. The number of imidazole rings is 1. The highest BCUT2D eigenvalue weighted by Crippen LogP contribution is 2.21. The zero-order chi connectivity index (χ0) is 17.1. The summed E-state index contributed by atoms with van der Waals surface area (Å²) < 4.78 is 4.07. The molecule has 0 fully saturated rings. The summed E-state index contributed by atoms with van der Waals surface area (Å²) in [5.41, 5.74) is 13.0. The van der Waals surface area contributed by atoms with Crippen molar-refractivity contribution in [3.8, 4) is 0 Å². The molecule has 0 saturated heterocycles. The van der Waals surface area contributed by atoms with Crippen molar-refractivity contribution in [3.63, 3.8) is 0 Å². The first kappa shape index (κ1) is 15.7. The molecule has 0 spiro atoms. The number of aromatic nitrogens is 2. The van der Waals surface area contributed by atoms with Gasteiger partial charge in [0.25, 0.3) is 0 Å². The largest absolute Gasteiger partial charge is 0.399 e. The second kappa shape index (κ2) is 6.54. The molecule has 24 heavy (non-hydrogen) atoms. The minimum Gasteiger partial charge on any atom is -0.399 e. The summed E-state index contributed by atoms with van der Waals surface area (Å²) in [6.45, 7) is 0. The summed E-state index contributed by atoms with van der Waals surface area (Å²) in [6, 6.07) is 15.9. The van der Waals surface area contributed by atoms with Crippen LogP contribution in [0, 0.1) is 0 Å². The van der Waals surface area contributed by atoms with Crippen LogP contribution in [0.3, 0.4) is 0 Å². The Morgan fingerprint density at radius 3 is 2.12 bits per heavy atom. The highest BCUT2D eigenvalue weighted by atomic mass is 15.5. The quantitative estimate of drug-likeness (QED) is 0.384. The zero-order valence-corrected chi connectivity index (χ0v) is 14.2. The Balaban J connectivity index is 1.68. The fourth-order valence-electron chi connectivity index (χ4n) is 2.46. The summed E-state index contributed by atoms with van der Waals surface area (Å²) in [6.07, 6.45) is 4.02. The van der Waals surface area contributed by atoms with Crippen molar-refractivity contribution in [2.75, 3.05) is 28.5 Å². The molecule has 3 rings (SSSR count). The maximum Gasteiger partial charge on any atom is 0.379 e. The minimum absolute atomic E-state index is 0.762. The molecule has 2 aromatic carbocycles. The van der Waals surface area contributed by atoms with Crippen molar-refractivity contribution >= 4 is 28.7 Å². The molecular weight excluding hydrogens is 300 g/mol. The van der Waals surface area contributed by atoms with E-state index < -0.39 is 0 Å². The normalized spacial score (nSPS) is 10.5. The maximum atomic E-state index is 5.71. The minimum atomic E-state index is 0.762. The number of anilines is 5. The van der Waals surface area contributed by atoms with Gasteiger partial charge in [0.2, 0.25) is 0 Å². The number of nitrogens with one attached hydrogen (secondary N) is 2. The van der Waals surface area contributed by atoms with Gasteiger partial charge >= 0.3 is 5.95 Å². The molecule has 6 nitrogen and oxygen atoms in total. The van der Waals surface area contributed by atoms with Crippen LogP contribution in [0.2, 0.25) is 0 Å². The number of benzene rings is 2. The molecule has 0 aliphatic rings. The number of rotatable bonds is 5. The number of nitrogens with zero attached hydrogens (tertiary/aromatic N) is 3. The number of hydrogen-bond donors (Lipinski definition) is 3. The SMILES string of the molecule is CN(Nc1n(C)cc[n+]1C)c1ccc(Nc2ccc(N)cc2)cc1. The molecule has 0 unspecified atom stereocenters. The smallest absolute Gasteiger partial charge is 0.379 e. The number of hydrogen-bond acceptors (Lipinski definition) is 4. The van der Waals surface area contributed by atoms with Gasteiger partial charge in [-0.15, -0.1) is 0 Å². The van der Waals surface area contributed by atoms with Crippen molar-refractivity contribution in [1.29, 1.82) is 0 Å². The van der Waals surface area contributed by atoms with Gasteiger partial charge in [0.1, 0.15) is 0 Å². The fourth-order valence-corrected chi connectivity index (χ4v) is 2.46. The maximum absolute atomic E-state index is 5.71. The van der Waals surface area contributed by atoms with Crippen LogP contribution in [0.5, 0.6) is 0 Å². The first-order valence-electron chi connectivity index (χ1n) is 7.77. The highest BCUT2D eigenvalue weighted by Gasteiger charge is 2.13. The fraction of sp³-hybridized carbons (Fsp3) is 0.167. The van der Waals surface area contributed by atoms with Gasteiger partial charge in [-0.1, -0.05) is 0 Å².